The van der Waals surface area contributed by atoms with Gasteiger partial charge in [0.1, 0.15) is 5.75 Å². The molecule has 1 heterocycles. The van der Waals surface area contributed by atoms with Crippen LogP contribution < -0.4 is 10.1 Å². The molecule has 3 nitrogen and oxygen atoms in total. The Morgan fingerprint density at radius 2 is 2.25 bits per heavy atom. The normalized spacial score (nSPS) is 10.7. The van der Waals surface area contributed by atoms with Gasteiger partial charge in [0.05, 0.1) is 16.8 Å². The lowest BCUT2D eigenvalue weighted by molar-refractivity contribution is 0.318. The van der Waals surface area contributed by atoms with E-state index in [-0.39, 0.29) is 0 Å². The molecule has 0 unspecified atom stereocenters. The second kappa shape index (κ2) is 4.70. The number of nitrogens with zero attached hydrogens (tertiary/aromatic N) is 1. The quantitative estimate of drug-likeness (QED) is 0.883. The maximum Gasteiger partial charge on any atom is 0.183 e. The molecule has 2 aromatic rings. The molecule has 0 aliphatic heterocycles. The number of benzene rings is 1. The minimum absolute atomic E-state index is 0.767. The number of hydrogen-bond donors (Lipinski definition) is 1. The van der Waals surface area contributed by atoms with Gasteiger partial charge in [-0.15, -0.1) is 0 Å². The molecule has 86 valence electrons. The fourth-order valence-corrected chi connectivity index (χ4v) is 2.50. The van der Waals surface area contributed by atoms with Gasteiger partial charge in [0.2, 0.25) is 0 Å². The fourth-order valence-electron chi connectivity index (χ4n) is 1.58. The molecule has 1 N–H and O–H groups in total. The van der Waals surface area contributed by atoms with Crippen LogP contribution >= 0.6 is 11.3 Å². The highest BCUT2D eigenvalue weighted by atomic mass is 32.1. The second-order valence-corrected chi connectivity index (χ2v) is 4.74. The molecule has 0 fully saturated rings. The molecule has 0 aliphatic rings. The van der Waals surface area contributed by atoms with E-state index in [1.807, 2.05) is 7.05 Å². The average Bonchev–Trinajstić information content (AvgIpc) is 2.70. The number of hydrogen-bond acceptors (Lipinski definition) is 4. The number of anilines is 1. The highest BCUT2D eigenvalue weighted by Gasteiger charge is 2.07. The van der Waals surface area contributed by atoms with Crippen molar-refractivity contribution in [3.63, 3.8) is 0 Å². The summed E-state index contributed by atoms with van der Waals surface area (Å²) in [4.78, 5) is 4.50. The van der Waals surface area contributed by atoms with E-state index < -0.39 is 0 Å². The van der Waals surface area contributed by atoms with Gasteiger partial charge in [-0.25, -0.2) is 4.98 Å². The maximum atomic E-state index is 5.65. The Labute approximate surface area is 99.5 Å². The first kappa shape index (κ1) is 11.2. The van der Waals surface area contributed by atoms with Crippen molar-refractivity contribution in [2.45, 2.75) is 20.3 Å². The predicted octanol–water partition coefficient (Wildman–Crippen LogP) is 3.44. The average molecular weight is 236 g/mol. The molecule has 0 amide bonds. The fraction of sp³-hybridized carbons (Fsp3) is 0.417. The largest absolute Gasteiger partial charge is 0.494 e. The van der Waals surface area contributed by atoms with Crippen LogP contribution in [0.3, 0.4) is 0 Å². The zero-order valence-corrected chi connectivity index (χ0v) is 10.6. The molecular weight excluding hydrogens is 220 g/mol. The standard InChI is InChI=1S/C12H16N2OS/c1-4-5-15-9-6-8(2)11-10(7-9)16-12(13-3)14-11/h6-7H,4-5H2,1-3H3,(H,13,14). The molecule has 0 radical (unpaired) electrons. The van der Waals surface area contributed by atoms with E-state index in [9.17, 15) is 0 Å². The molecule has 0 spiro atoms. The van der Waals surface area contributed by atoms with Crippen LogP contribution in [0.5, 0.6) is 5.75 Å². The minimum Gasteiger partial charge on any atom is -0.494 e. The van der Waals surface area contributed by atoms with E-state index in [2.05, 4.69) is 36.3 Å². The molecule has 1 aromatic heterocycles. The van der Waals surface area contributed by atoms with E-state index in [0.717, 1.165) is 29.4 Å². The maximum absolute atomic E-state index is 5.65. The number of ether oxygens (including phenoxy) is 1. The Morgan fingerprint density at radius 1 is 1.44 bits per heavy atom. The summed E-state index contributed by atoms with van der Waals surface area (Å²) in [6.45, 7) is 4.94. The number of nitrogens with one attached hydrogen (secondary N) is 1. The van der Waals surface area contributed by atoms with Gasteiger partial charge < -0.3 is 10.1 Å². The van der Waals surface area contributed by atoms with Crippen molar-refractivity contribution in [2.24, 2.45) is 0 Å². The molecule has 0 aliphatic carbocycles. The summed E-state index contributed by atoms with van der Waals surface area (Å²) in [5.41, 5.74) is 2.24. The Morgan fingerprint density at radius 3 is 2.94 bits per heavy atom. The molecule has 0 saturated heterocycles. The van der Waals surface area contributed by atoms with Crippen molar-refractivity contribution in [3.8, 4) is 5.75 Å². The van der Waals surface area contributed by atoms with Crippen LogP contribution in [-0.4, -0.2) is 18.6 Å². The van der Waals surface area contributed by atoms with Gasteiger partial charge >= 0.3 is 0 Å². The topological polar surface area (TPSA) is 34.1 Å². The van der Waals surface area contributed by atoms with Crippen molar-refractivity contribution in [3.05, 3.63) is 17.7 Å². The van der Waals surface area contributed by atoms with Crippen LogP contribution in [0.25, 0.3) is 10.2 Å². The molecule has 0 saturated carbocycles. The van der Waals surface area contributed by atoms with Crippen molar-refractivity contribution in [2.75, 3.05) is 19.0 Å². The first-order valence-electron chi connectivity index (χ1n) is 5.46. The number of aromatic nitrogens is 1. The van der Waals surface area contributed by atoms with Gasteiger partial charge in [0, 0.05) is 7.05 Å². The lowest BCUT2D eigenvalue weighted by Crippen LogP contribution is -1.95. The Hall–Kier alpha value is -1.29. The van der Waals surface area contributed by atoms with Gasteiger partial charge in [-0.2, -0.15) is 0 Å². The first-order chi connectivity index (χ1) is 7.74. The lowest BCUT2D eigenvalue weighted by Gasteiger charge is -2.05. The summed E-state index contributed by atoms with van der Waals surface area (Å²) in [7, 11) is 1.89. The highest BCUT2D eigenvalue weighted by molar-refractivity contribution is 7.22. The highest BCUT2D eigenvalue weighted by Crippen LogP contribution is 2.31. The third kappa shape index (κ3) is 2.11. The van der Waals surface area contributed by atoms with Gasteiger partial charge in [0.25, 0.3) is 0 Å². The van der Waals surface area contributed by atoms with Crippen molar-refractivity contribution >= 4 is 26.7 Å². The summed E-state index contributed by atoms with van der Waals surface area (Å²) < 4.78 is 6.82. The lowest BCUT2D eigenvalue weighted by atomic mass is 10.2. The van der Waals surface area contributed by atoms with Crippen molar-refractivity contribution in [1.82, 2.24) is 4.98 Å². The molecular formula is C12H16N2OS. The molecule has 0 bridgehead atoms. The third-order valence-electron chi connectivity index (χ3n) is 2.35. The van der Waals surface area contributed by atoms with Gasteiger partial charge in [-0.1, -0.05) is 18.3 Å². The van der Waals surface area contributed by atoms with E-state index in [1.165, 1.54) is 10.3 Å². The van der Waals surface area contributed by atoms with Gasteiger partial charge in [-0.05, 0) is 31.0 Å². The molecule has 0 atom stereocenters. The number of aryl methyl sites for hydroxylation is 1. The second-order valence-electron chi connectivity index (χ2n) is 3.70. The molecule has 16 heavy (non-hydrogen) atoms. The number of thiazole rings is 1. The first-order valence-corrected chi connectivity index (χ1v) is 6.28. The zero-order chi connectivity index (χ0) is 11.5. The summed E-state index contributed by atoms with van der Waals surface area (Å²) in [5.74, 6) is 0.943. The van der Waals surface area contributed by atoms with Crippen LogP contribution in [0, 0.1) is 6.92 Å². The van der Waals surface area contributed by atoms with E-state index in [1.54, 1.807) is 11.3 Å². The Balaban J connectivity index is 2.40. The van der Waals surface area contributed by atoms with Crippen LogP contribution in [0.15, 0.2) is 12.1 Å². The smallest absolute Gasteiger partial charge is 0.183 e. The van der Waals surface area contributed by atoms with Crippen LogP contribution in [0.1, 0.15) is 18.9 Å². The number of fused-ring (bicyclic) bond motifs is 1. The van der Waals surface area contributed by atoms with Crippen LogP contribution in [0.2, 0.25) is 0 Å². The monoisotopic (exact) mass is 236 g/mol. The third-order valence-corrected chi connectivity index (χ3v) is 3.37. The predicted molar refractivity (Wildman–Crippen MR) is 69.7 cm³/mol. The zero-order valence-electron chi connectivity index (χ0n) is 9.83. The van der Waals surface area contributed by atoms with Crippen molar-refractivity contribution < 1.29 is 4.74 Å². The van der Waals surface area contributed by atoms with Crippen molar-refractivity contribution in [1.29, 1.82) is 0 Å². The molecule has 1 aromatic carbocycles. The van der Waals surface area contributed by atoms with Crippen LogP contribution in [0.4, 0.5) is 5.13 Å². The Bertz CT molecular complexity index is 493. The summed E-state index contributed by atoms with van der Waals surface area (Å²) >= 11 is 1.66. The van der Waals surface area contributed by atoms with Crippen LogP contribution in [-0.2, 0) is 0 Å². The van der Waals surface area contributed by atoms with Gasteiger partial charge in [-0.3, -0.25) is 0 Å². The van der Waals surface area contributed by atoms with Gasteiger partial charge in [0.15, 0.2) is 5.13 Å². The molecule has 2 rings (SSSR count). The Kier molecular flexibility index (Phi) is 3.29. The summed E-state index contributed by atoms with van der Waals surface area (Å²) in [6.07, 6.45) is 1.03. The van der Waals surface area contributed by atoms with E-state index in [0.29, 0.717) is 0 Å². The number of rotatable bonds is 4. The van der Waals surface area contributed by atoms with E-state index in [4.69, 9.17) is 4.74 Å². The molecule has 4 heteroatoms. The van der Waals surface area contributed by atoms with E-state index >= 15 is 0 Å². The SMILES string of the molecule is CCCOc1cc(C)c2nc(NC)sc2c1. The summed E-state index contributed by atoms with van der Waals surface area (Å²) in [5, 5.41) is 4.02. The summed E-state index contributed by atoms with van der Waals surface area (Å²) in [6, 6.07) is 4.12. The minimum atomic E-state index is 0.767.